The van der Waals surface area contributed by atoms with Gasteiger partial charge in [0, 0.05) is 12.6 Å². The summed E-state index contributed by atoms with van der Waals surface area (Å²) in [6.07, 6.45) is -1.82. The Hall–Kier alpha value is -2.80. The molecule has 0 aliphatic heterocycles. The van der Waals surface area contributed by atoms with Gasteiger partial charge in [0.2, 0.25) is 5.91 Å². The van der Waals surface area contributed by atoms with Crippen LogP contribution in [0.2, 0.25) is 0 Å². The molecule has 2 aromatic rings. The molecule has 0 saturated carbocycles. The summed E-state index contributed by atoms with van der Waals surface area (Å²) in [6.45, 7) is 0.352. The third-order valence-electron chi connectivity index (χ3n) is 4.23. The number of nitrogens with one attached hydrogen (secondary N) is 1. The number of halogens is 3. The van der Waals surface area contributed by atoms with Gasteiger partial charge in [-0.3, -0.25) is 4.79 Å². The van der Waals surface area contributed by atoms with Gasteiger partial charge in [-0.25, -0.2) is 0 Å². The van der Waals surface area contributed by atoms with Gasteiger partial charge in [0.05, 0.1) is 18.7 Å². The molecule has 0 aromatic heterocycles. The lowest BCUT2D eigenvalue weighted by molar-refractivity contribution is -0.137. The molecule has 1 atom stereocenters. The molecule has 28 heavy (non-hydrogen) atoms. The van der Waals surface area contributed by atoms with Crippen LogP contribution >= 0.6 is 0 Å². The number of ether oxygens (including phenoxy) is 1. The lowest BCUT2D eigenvalue weighted by Gasteiger charge is -2.25. The molecule has 150 valence electrons. The molecular formula is C21H23F3N2O2. The highest BCUT2D eigenvalue weighted by molar-refractivity contribution is 5.91. The molecule has 0 aliphatic rings. The first-order valence-electron chi connectivity index (χ1n) is 8.64. The Morgan fingerprint density at radius 1 is 1.18 bits per heavy atom. The molecule has 0 saturated heterocycles. The fourth-order valence-electron chi connectivity index (χ4n) is 2.67. The molecule has 0 heterocycles. The number of nitrogens with zero attached hydrogens (tertiary/aromatic N) is 1. The smallest absolute Gasteiger partial charge is 0.416 e. The van der Waals surface area contributed by atoms with Crippen LogP contribution in [0.25, 0.3) is 6.08 Å². The molecule has 2 aromatic carbocycles. The van der Waals surface area contributed by atoms with Crippen molar-refractivity contribution in [1.82, 2.24) is 10.2 Å². The molecule has 1 unspecified atom stereocenters. The van der Waals surface area contributed by atoms with Crippen LogP contribution < -0.4 is 10.1 Å². The van der Waals surface area contributed by atoms with E-state index in [4.69, 9.17) is 4.74 Å². The third kappa shape index (κ3) is 6.13. The molecule has 1 amide bonds. The lowest BCUT2D eigenvalue weighted by Crippen LogP contribution is -2.33. The van der Waals surface area contributed by atoms with Crippen LogP contribution in [0, 0.1) is 0 Å². The zero-order valence-corrected chi connectivity index (χ0v) is 16.0. The van der Waals surface area contributed by atoms with Crippen molar-refractivity contribution in [2.24, 2.45) is 0 Å². The number of benzene rings is 2. The van der Waals surface area contributed by atoms with E-state index >= 15 is 0 Å². The molecule has 0 spiro atoms. The van der Waals surface area contributed by atoms with Crippen LogP contribution in [0.1, 0.15) is 22.7 Å². The molecule has 0 fully saturated rings. The highest BCUT2D eigenvalue weighted by Gasteiger charge is 2.30. The fraction of sp³-hybridized carbons (Fsp3) is 0.286. The summed E-state index contributed by atoms with van der Waals surface area (Å²) in [4.78, 5) is 14.1. The van der Waals surface area contributed by atoms with E-state index in [-0.39, 0.29) is 11.9 Å². The highest BCUT2D eigenvalue weighted by atomic mass is 19.4. The van der Waals surface area contributed by atoms with E-state index in [0.29, 0.717) is 12.1 Å². The molecule has 0 aliphatic carbocycles. The summed E-state index contributed by atoms with van der Waals surface area (Å²) in [5.74, 6) is 0.368. The van der Waals surface area contributed by atoms with Gasteiger partial charge in [-0.15, -0.1) is 0 Å². The Bertz CT molecular complexity index is 815. The number of methoxy groups -OCH3 is 1. The quantitative estimate of drug-likeness (QED) is 0.720. The van der Waals surface area contributed by atoms with Crippen molar-refractivity contribution in [2.45, 2.75) is 12.2 Å². The second-order valence-corrected chi connectivity index (χ2v) is 6.45. The largest absolute Gasteiger partial charge is 0.497 e. The summed E-state index contributed by atoms with van der Waals surface area (Å²) in [6, 6.07) is 12.3. The van der Waals surface area contributed by atoms with E-state index in [1.165, 1.54) is 24.3 Å². The van der Waals surface area contributed by atoms with Gasteiger partial charge in [0.15, 0.2) is 0 Å². The van der Waals surface area contributed by atoms with E-state index in [1.54, 1.807) is 7.11 Å². The Labute approximate surface area is 162 Å². The van der Waals surface area contributed by atoms with Crippen molar-refractivity contribution >= 4 is 12.0 Å². The zero-order chi connectivity index (χ0) is 20.7. The van der Waals surface area contributed by atoms with Crippen molar-refractivity contribution in [1.29, 1.82) is 0 Å². The van der Waals surface area contributed by atoms with Crippen LogP contribution in [0.5, 0.6) is 5.75 Å². The number of likely N-dealkylation sites (N-methyl/N-ethyl adjacent to an activating group) is 1. The Morgan fingerprint density at radius 3 is 2.43 bits per heavy atom. The Balaban J connectivity index is 2.00. The average Bonchev–Trinajstić information content (AvgIpc) is 2.66. The number of rotatable bonds is 7. The monoisotopic (exact) mass is 392 g/mol. The van der Waals surface area contributed by atoms with Gasteiger partial charge in [-0.2, -0.15) is 13.2 Å². The maximum absolute atomic E-state index is 12.7. The van der Waals surface area contributed by atoms with Crippen molar-refractivity contribution in [2.75, 3.05) is 27.7 Å². The van der Waals surface area contributed by atoms with E-state index < -0.39 is 11.7 Å². The second kappa shape index (κ2) is 9.41. The minimum atomic E-state index is -4.41. The summed E-state index contributed by atoms with van der Waals surface area (Å²) < 4.78 is 43.4. The minimum Gasteiger partial charge on any atom is -0.497 e. The first-order chi connectivity index (χ1) is 13.2. The van der Waals surface area contributed by atoms with Crippen LogP contribution in [0.15, 0.2) is 54.6 Å². The number of amides is 1. The maximum Gasteiger partial charge on any atom is 0.416 e. The van der Waals surface area contributed by atoms with Crippen molar-refractivity contribution in [3.8, 4) is 5.75 Å². The van der Waals surface area contributed by atoms with Crippen molar-refractivity contribution < 1.29 is 22.7 Å². The maximum atomic E-state index is 12.7. The highest BCUT2D eigenvalue weighted by Crippen LogP contribution is 2.29. The van der Waals surface area contributed by atoms with Gasteiger partial charge in [0.25, 0.3) is 0 Å². The van der Waals surface area contributed by atoms with Gasteiger partial charge >= 0.3 is 6.18 Å². The van der Waals surface area contributed by atoms with Crippen LogP contribution in [0.3, 0.4) is 0 Å². The van der Waals surface area contributed by atoms with Crippen molar-refractivity contribution in [3.63, 3.8) is 0 Å². The van der Waals surface area contributed by atoms with Gasteiger partial charge in [-0.1, -0.05) is 24.3 Å². The number of hydrogen-bond donors (Lipinski definition) is 1. The van der Waals surface area contributed by atoms with Crippen LogP contribution in [-0.4, -0.2) is 38.6 Å². The molecule has 2 rings (SSSR count). The molecule has 0 bridgehead atoms. The van der Waals surface area contributed by atoms with Gasteiger partial charge < -0.3 is 15.0 Å². The number of alkyl halides is 3. The number of carbonyl (C=O) groups is 1. The Kier molecular flexibility index (Phi) is 7.23. The molecule has 7 heteroatoms. The Morgan fingerprint density at radius 2 is 1.86 bits per heavy atom. The molecular weight excluding hydrogens is 369 g/mol. The molecule has 0 radical (unpaired) electrons. The predicted molar refractivity (Wildman–Crippen MR) is 103 cm³/mol. The minimum absolute atomic E-state index is 0.0585. The molecule has 4 nitrogen and oxygen atoms in total. The van der Waals surface area contributed by atoms with Crippen molar-refractivity contribution in [3.05, 3.63) is 71.3 Å². The number of carbonyl (C=O) groups excluding carboxylic acids is 1. The zero-order valence-electron chi connectivity index (χ0n) is 16.0. The van der Waals surface area contributed by atoms with Gasteiger partial charge in [0.1, 0.15) is 5.75 Å². The number of hydrogen-bond acceptors (Lipinski definition) is 3. The predicted octanol–water partition coefficient (Wildman–Crippen LogP) is 4.15. The topological polar surface area (TPSA) is 41.6 Å². The summed E-state index contributed by atoms with van der Waals surface area (Å²) in [5.41, 5.74) is 0.569. The first kappa shape index (κ1) is 21.5. The van der Waals surface area contributed by atoms with E-state index in [0.717, 1.165) is 23.4 Å². The van der Waals surface area contributed by atoms with Crippen LogP contribution in [0.4, 0.5) is 13.2 Å². The van der Waals surface area contributed by atoms with E-state index in [1.807, 2.05) is 43.3 Å². The standard InChI is InChI=1S/C21H23F3N2O2/c1-26(2)19(16-8-10-18(28-3)11-9-16)14-25-20(27)12-7-15-5-4-6-17(13-15)21(22,23)24/h4-13,19H,14H2,1-3H3,(H,25,27)/b12-7+. The van der Waals surface area contributed by atoms with E-state index in [9.17, 15) is 18.0 Å². The third-order valence-corrected chi connectivity index (χ3v) is 4.23. The first-order valence-corrected chi connectivity index (χ1v) is 8.64. The lowest BCUT2D eigenvalue weighted by atomic mass is 10.1. The van der Waals surface area contributed by atoms with Gasteiger partial charge in [-0.05, 0) is 55.6 Å². The average molecular weight is 392 g/mol. The summed E-state index contributed by atoms with van der Waals surface area (Å²) in [5, 5.41) is 2.79. The SMILES string of the molecule is COc1ccc(C(CNC(=O)/C=C/c2cccc(C(F)(F)F)c2)N(C)C)cc1. The summed E-state index contributed by atoms with van der Waals surface area (Å²) >= 11 is 0. The second-order valence-electron chi connectivity index (χ2n) is 6.45. The van der Waals surface area contributed by atoms with E-state index in [2.05, 4.69) is 5.32 Å². The normalized spacial score (nSPS) is 13.0. The summed E-state index contributed by atoms with van der Waals surface area (Å²) in [7, 11) is 5.40. The van der Waals surface area contributed by atoms with Crippen LogP contribution in [-0.2, 0) is 11.0 Å². The molecule has 1 N–H and O–H groups in total. The fourth-order valence-corrected chi connectivity index (χ4v) is 2.67.